The van der Waals surface area contributed by atoms with E-state index in [1.807, 2.05) is 23.1 Å². The minimum atomic E-state index is -0.00870. The fourth-order valence-electron chi connectivity index (χ4n) is 2.46. The van der Waals surface area contributed by atoms with Gasteiger partial charge in [0.05, 0.1) is 19.9 Å². The van der Waals surface area contributed by atoms with Crippen LogP contribution in [0.1, 0.15) is 21.0 Å². The first kappa shape index (κ1) is 16.3. The Morgan fingerprint density at radius 3 is 2.62 bits per heavy atom. The summed E-state index contributed by atoms with van der Waals surface area (Å²) in [6.45, 7) is 1.11. The summed E-state index contributed by atoms with van der Waals surface area (Å²) >= 11 is 1.71. The van der Waals surface area contributed by atoms with E-state index in [0.717, 1.165) is 17.9 Å². The molecule has 124 valence electrons. The summed E-state index contributed by atoms with van der Waals surface area (Å²) in [6, 6.07) is 15.0. The average Bonchev–Trinajstić information content (AvgIpc) is 3.32. The van der Waals surface area contributed by atoms with Gasteiger partial charge in [0, 0.05) is 17.0 Å². The Labute approximate surface area is 145 Å². The van der Waals surface area contributed by atoms with Crippen LogP contribution < -0.4 is 4.74 Å². The minimum Gasteiger partial charge on any atom is -0.497 e. The molecule has 0 saturated heterocycles. The summed E-state index contributed by atoms with van der Waals surface area (Å²) in [6.07, 6.45) is 2.46. The third-order valence-electron chi connectivity index (χ3n) is 3.76. The fraction of sp³-hybridized carbons (Fsp3) is 0.211. The van der Waals surface area contributed by atoms with Gasteiger partial charge in [-0.1, -0.05) is 6.07 Å². The number of benzene rings is 1. The van der Waals surface area contributed by atoms with E-state index < -0.39 is 0 Å². The summed E-state index contributed by atoms with van der Waals surface area (Å²) in [7, 11) is 1.61. The Bertz CT molecular complexity index is 749. The second kappa shape index (κ2) is 7.84. The van der Waals surface area contributed by atoms with Crippen LogP contribution >= 0.6 is 11.3 Å². The van der Waals surface area contributed by atoms with E-state index in [1.54, 1.807) is 49.0 Å². The number of methoxy groups -OCH3 is 1. The van der Waals surface area contributed by atoms with Crippen molar-refractivity contribution in [2.45, 2.75) is 13.0 Å². The number of ether oxygens (including phenoxy) is 1. The quantitative estimate of drug-likeness (QED) is 0.646. The first-order valence-corrected chi connectivity index (χ1v) is 8.62. The third-order valence-corrected chi connectivity index (χ3v) is 4.70. The van der Waals surface area contributed by atoms with E-state index in [2.05, 4.69) is 11.4 Å². The molecule has 3 rings (SSSR count). The van der Waals surface area contributed by atoms with Gasteiger partial charge < -0.3 is 14.1 Å². The van der Waals surface area contributed by atoms with E-state index >= 15 is 0 Å². The largest absolute Gasteiger partial charge is 0.497 e. The highest BCUT2D eigenvalue weighted by Crippen LogP contribution is 2.17. The van der Waals surface area contributed by atoms with Gasteiger partial charge in [0.15, 0.2) is 0 Å². The fourth-order valence-corrected chi connectivity index (χ4v) is 3.16. The molecular weight excluding hydrogens is 322 g/mol. The molecule has 5 heteroatoms. The van der Waals surface area contributed by atoms with Crippen LogP contribution in [0.2, 0.25) is 0 Å². The molecule has 0 spiro atoms. The number of hydrogen-bond acceptors (Lipinski definition) is 4. The highest BCUT2D eigenvalue weighted by Gasteiger charge is 2.17. The molecule has 0 fully saturated rings. The molecule has 0 aliphatic carbocycles. The van der Waals surface area contributed by atoms with Crippen molar-refractivity contribution in [1.82, 2.24) is 4.90 Å². The SMILES string of the molecule is COc1ccc(C(=O)N(CCc2cccs2)Cc2ccco2)cc1. The normalized spacial score (nSPS) is 10.5. The third kappa shape index (κ3) is 4.06. The van der Waals surface area contributed by atoms with Crippen LogP contribution in [0, 0.1) is 0 Å². The zero-order valence-electron chi connectivity index (χ0n) is 13.5. The number of rotatable bonds is 7. The zero-order valence-corrected chi connectivity index (χ0v) is 14.3. The van der Waals surface area contributed by atoms with Crippen LogP contribution in [-0.2, 0) is 13.0 Å². The summed E-state index contributed by atoms with van der Waals surface area (Å²) < 4.78 is 10.6. The maximum absolute atomic E-state index is 12.9. The molecule has 0 bridgehead atoms. The Kier molecular flexibility index (Phi) is 5.33. The lowest BCUT2D eigenvalue weighted by Crippen LogP contribution is -2.32. The van der Waals surface area contributed by atoms with Gasteiger partial charge in [0.1, 0.15) is 11.5 Å². The predicted molar refractivity (Wildman–Crippen MR) is 94.5 cm³/mol. The van der Waals surface area contributed by atoms with E-state index in [4.69, 9.17) is 9.15 Å². The molecule has 4 nitrogen and oxygen atoms in total. The second-order valence-electron chi connectivity index (χ2n) is 5.36. The Morgan fingerprint density at radius 1 is 1.17 bits per heavy atom. The van der Waals surface area contributed by atoms with Crippen LogP contribution in [0.3, 0.4) is 0 Å². The Hall–Kier alpha value is -2.53. The van der Waals surface area contributed by atoms with Gasteiger partial charge >= 0.3 is 0 Å². The summed E-state index contributed by atoms with van der Waals surface area (Å²) in [5.74, 6) is 1.51. The van der Waals surface area contributed by atoms with Crippen LogP contribution in [-0.4, -0.2) is 24.5 Å². The lowest BCUT2D eigenvalue weighted by molar-refractivity contribution is 0.0734. The number of carbonyl (C=O) groups excluding carboxylic acids is 1. The topological polar surface area (TPSA) is 42.7 Å². The van der Waals surface area contributed by atoms with Gasteiger partial charge in [0.25, 0.3) is 5.91 Å². The van der Waals surface area contributed by atoms with Crippen molar-refractivity contribution in [3.63, 3.8) is 0 Å². The molecule has 1 amide bonds. The molecule has 0 unspecified atom stereocenters. The van der Waals surface area contributed by atoms with Crippen molar-refractivity contribution in [1.29, 1.82) is 0 Å². The van der Waals surface area contributed by atoms with Gasteiger partial charge in [0.2, 0.25) is 0 Å². The molecule has 3 aromatic rings. The number of nitrogens with zero attached hydrogens (tertiary/aromatic N) is 1. The van der Waals surface area contributed by atoms with Crippen molar-refractivity contribution < 1.29 is 13.9 Å². The average molecular weight is 341 g/mol. The number of amides is 1. The maximum atomic E-state index is 12.9. The van der Waals surface area contributed by atoms with Crippen molar-refractivity contribution in [3.05, 3.63) is 76.4 Å². The summed E-state index contributed by atoms with van der Waals surface area (Å²) in [5, 5.41) is 2.05. The number of carbonyl (C=O) groups is 1. The van der Waals surface area contributed by atoms with Crippen molar-refractivity contribution in [2.75, 3.05) is 13.7 Å². The van der Waals surface area contributed by atoms with Crippen LogP contribution in [0.5, 0.6) is 5.75 Å². The predicted octanol–water partition coefficient (Wildman–Crippen LogP) is 4.23. The van der Waals surface area contributed by atoms with E-state index in [0.29, 0.717) is 18.7 Å². The monoisotopic (exact) mass is 341 g/mol. The van der Waals surface area contributed by atoms with Crippen molar-refractivity contribution >= 4 is 17.2 Å². The smallest absolute Gasteiger partial charge is 0.254 e. The first-order chi connectivity index (χ1) is 11.8. The highest BCUT2D eigenvalue weighted by molar-refractivity contribution is 7.09. The van der Waals surface area contributed by atoms with Gasteiger partial charge in [-0.05, 0) is 54.3 Å². The molecule has 2 heterocycles. The van der Waals surface area contributed by atoms with Crippen molar-refractivity contribution in [3.8, 4) is 5.75 Å². The Balaban J connectivity index is 1.74. The molecule has 0 radical (unpaired) electrons. The standard InChI is InChI=1S/C19H19NO3S/c1-22-16-8-6-15(7-9-16)19(21)20(14-17-4-2-12-23-17)11-10-18-5-3-13-24-18/h2-9,12-13H,10-11,14H2,1H3. The van der Waals surface area contributed by atoms with E-state index in [-0.39, 0.29) is 5.91 Å². The lowest BCUT2D eigenvalue weighted by Gasteiger charge is -2.21. The summed E-state index contributed by atoms with van der Waals surface area (Å²) in [4.78, 5) is 16.0. The number of thiophene rings is 1. The first-order valence-electron chi connectivity index (χ1n) is 7.74. The molecule has 24 heavy (non-hydrogen) atoms. The van der Waals surface area contributed by atoms with E-state index in [9.17, 15) is 4.79 Å². The van der Waals surface area contributed by atoms with Crippen molar-refractivity contribution in [2.24, 2.45) is 0 Å². The van der Waals surface area contributed by atoms with Gasteiger partial charge in [-0.25, -0.2) is 0 Å². The van der Waals surface area contributed by atoms with E-state index in [1.165, 1.54) is 4.88 Å². The second-order valence-corrected chi connectivity index (χ2v) is 6.40. The maximum Gasteiger partial charge on any atom is 0.254 e. The molecular formula is C19H19NO3S. The molecule has 0 aliphatic heterocycles. The molecule has 0 N–H and O–H groups in total. The molecule has 1 aromatic carbocycles. The van der Waals surface area contributed by atoms with Gasteiger partial charge in [-0.3, -0.25) is 4.79 Å². The minimum absolute atomic E-state index is 0.00870. The molecule has 0 atom stereocenters. The molecule has 0 saturated carbocycles. The lowest BCUT2D eigenvalue weighted by atomic mass is 10.1. The Morgan fingerprint density at radius 2 is 2.00 bits per heavy atom. The van der Waals surface area contributed by atoms with Gasteiger partial charge in [-0.2, -0.15) is 0 Å². The van der Waals surface area contributed by atoms with Crippen LogP contribution in [0.15, 0.2) is 64.6 Å². The summed E-state index contributed by atoms with van der Waals surface area (Å²) in [5.41, 5.74) is 0.647. The number of hydrogen-bond donors (Lipinski definition) is 0. The van der Waals surface area contributed by atoms with Crippen LogP contribution in [0.25, 0.3) is 0 Å². The highest BCUT2D eigenvalue weighted by atomic mass is 32.1. The molecule has 2 aromatic heterocycles. The number of furan rings is 1. The van der Waals surface area contributed by atoms with Crippen LogP contribution in [0.4, 0.5) is 0 Å². The van der Waals surface area contributed by atoms with Gasteiger partial charge in [-0.15, -0.1) is 11.3 Å². The molecule has 0 aliphatic rings. The zero-order chi connectivity index (χ0) is 16.8.